The lowest BCUT2D eigenvalue weighted by molar-refractivity contribution is 0.0369. The Morgan fingerprint density at radius 1 is 1.05 bits per heavy atom. The molecule has 2 fully saturated rings. The summed E-state index contributed by atoms with van der Waals surface area (Å²) in [5.74, 6) is 1.44. The zero-order chi connectivity index (χ0) is 26.6. The van der Waals surface area contributed by atoms with Gasteiger partial charge >= 0.3 is 0 Å². The van der Waals surface area contributed by atoms with Gasteiger partial charge in [-0.25, -0.2) is 0 Å². The van der Waals surface area contributed by atoms with Gasteiger partial charge in [0, 0.05) is 49.8 Å². The van der Waals surface area contributed by atoms with Crippen LogP contribution in [-0.2, 0) is 11.3 Å². The Balaban J connectivity index is 1.51. The molecule has 0 radical (unpaired) electrons. The van der Waals surface area contributed by atoms with Crippen LogP contribution in [0.25, 0.3) is 0 Å². The number of ether oxygens (including phenoxy) is 3. The number of hydrogen-bond donors (Lipinski definition) is 1. The highest BCUT2D eigenvalue weighted by Crippen LogP contribution is 2.46. The van der Waals surface area contributed by atoms with Crippen LogP contribution in [-0.4, -0.2) is 66.6 Å². The first-order chi connectivity index (χ1) is 18.5. The number of nitrogens with zero attached hydrogens (tertiary/aromatic N) is 4. The minimum absolute atomic E-state index is 0.0983. The maximum Gasteiger partial charge on any atom is 0.174 e. The molecule has 0 bridgehead atoms. The molecule has 4 heterocycles. The van der Waals surface area contributed by atoms with E-state index in [1.165, 1.54) is 17.0 Å². The third-order valence-corrected chi connectivity index (χ3v) is 7.95. The predicted molar refractivity (Wildman–Crippen MR) is 153 cm³/mol. The van der Waals surface area contributed by atoms with Gasteiger partial charge in [0.05, 0.1) is 50.9 Å². The van der Waals surface area contributed by atoms with E-state index in [0.717, 1.165) is 62.9 Å². The Labute approximate surface area is 230 Å². The first-order valence-corrected chi connectivity index (χ1v) is 13.6. The molecular weight excluding hydrogens is 498 g/mol. The van der Waals surface area contributed by atoms with E-state index in [-0.39, 0.29) is 12.1 Å². The van der Waals surface area contributed by atoms with Crippen LogP contribution >= 0.6 is 12.2 Å². The van der Waals surface area contributed by atoms with Crippen LogP contribution in [0.1, 0.15) is 41.1 Å². The van der Waals surface area contributed by atoms with Crippen LogP contribution in [0.5, 0.6) is 11.5 Å². The highest BCUT2D eigenvalue weighted by Gasteiger charge is 2.43. The SMILES string of the molecule is COc1ccc(N2C(=S)NC(c3ccccn3)C2c2cc(C)n(CCCN3CCOCC3)c2C)c(OC)c1. The number of aromatic nitrogens is 2. The molecular formula is C29H37N5O3S. The van der Waals surface area contributed by atoms with Crippen molar-refractivity contribution in [3.05, 3.63) is 71.3 Å². The molecule has 5 rings (SSSR count). The molecule has 2 aliphatic rings. The summed E-state index contributed by atoms with van der Waals surface area (Å²) >= 11 is 5.95. The van der Waals surface area contributed by atoms with Crippen LogP contribution in [0, 0.1) is 13.8 Å². The summed E-state index contributed by atoms with van der Waals surface area (Å²) in [6.45, 7) is 10.2. The quantitative estimate of drug-likeness (QED) is 0.404. The highest BCUT2D eigenvalue weighted by atomic mass is 32.1. The summed E-state index contributed by atoms with van der Waals surface area (Å²) in [6.07, 6.45) is 2.93. The van der Waals surface area contributed by atoms with Gasteiger partial charge in [0.25, 0.3) is 0 Å². The fourth-order valence-corrected chi connectivity index (χ4v) is 6.00. The minimum atomic E-state index is -0.113. The summed E-state index contributed by atoms with van der Waals surface area (Å²) in [7, 11) is 3.33. The molecule has 0 amide bonds. The van der Waals surface area contributed by atoms with Crippen LogP contribution in [0.3, 0.4) is 0 Å². The van der Waals surface area contributed by atoms with Crippen molar-refractivity contribution in [1.82, 2.24) is 19.8 Å². The molecule has 8 nitrogen and oxygen atoms in total. The van der Waals surface area contributed by atoms with Crippen LogP contribution in [0.4, 0.5) is 5.69 Å². The van der Waals surface area contributed by atoms with E-state index in [0.29, 0.717) is 10.9 Å². The topological polar surface area (TPSA) is 64.0 Å². The number of morpholine rings is 1. The van der Waals surface area contributed by atoms with Gasteiger partial charge in [-0.1, -0.05) is 6.07 Å². The second kappa shape index (κ2) is 11.7. The van der Waals surface area contributed by atoms with Gasteiger partial charge in [0.1, 0.15) is 11.5 Å². The van der Waals surface area contributed by atoms with E-state index < -0.39 is 0 Å². The smallest absolute Gasteiger partial charge is 0.174 e. The van der Waals surface area contributed by atoms with Gasteiger partial charge in [-0.3, -0.25) is 9.88 Å². The minimum Gasteiger partial charge on any atom is -0.497 e. The summed E-state index contributed by atoms with van der Waals surface area (Å²) in [5, 5.41) is 4.21. The first-order valence-electron chi connectivity index (χ1n) is 13.2. The molecule has 3 aromatic rings. The van der Waals surface area contributed by atoms with Gasteiger partial charge in [-0.2, -0.15) is 0 Å². The van der Waals surface area contributed by atoms with Crippen molar-refractivity contribution in [1.29, 1.82) is 0 Å². The van der Waals surface area contributed by atoms with E-state index >= 15 is 0 Å². The molecule has 2 unspecified atom stereocenters. The number of nitrogens with one attached hydrogen (secondary N) is 1. The van der Waals surface area contributed by atoms with E-state index in [1.54, 1.807) is 14.2 Å². The van der Waals surface area contributed by atoms with Crippen LogP contribution in [0.2, 0.25) is 0 Å². The molecule has 202 valence electrons. The lowest BCUT2D eigenvalue weighted by atomic mass is 9.96. The Bertz CT molecular complexity index is 1260. The van der Waals surface area contributed by atoms with E-state index in [4.69, 9.17) is 31.4 Å². The summed E-state index contributed by atoms with van der Waals surface area (Å²) in [4.78, 5) is 9.37. The van der Waals surface area contributed by atoms with E-state index in [1.807, 2.05) is 36.5 Å². The van der Waals surface area contributed by atoms with E-state index in [9.17, 15) is 0 Å². The maximum atomic E-state index is 5.95. The number of thiocarbonyl (C=S) groups is 1. The molecule has 0 aliphatic carbocycles. The Hall–Kier alpha value is -3.14. The highest BCUT2D eigenvalue weighted by molar-refractivity contribution is 7.80. The normalized spacial score (nSPS) is 20.0. The van der Waals surface area contributed by atoms with Crippen LogP contribution < -0.4 is 19.7 Å². The second-order valence-corrected chi connectivity index (χ2v) is 10.2. The van der Waals surface area contributed by atoms with Crippen molar-refractivity contribution in [3.63, 3.8) is 0 Å². The number of methoxy groups -OCH3 is 2. The number of pyridine rings is 1. The van der Waals surface area contributed by atoms with E-state index in [2.05, 4.69) is 45.7 Å². The van der Waals surface area contributed by atoms with Crippen molar-refractivity contribution in [2.45, 2.75) is 38.9 Å². The first kappa shape index (κ1) is 26.5. The Morgan fingerprint density at radius 2 is 1.87 bits per heavy atom. The number of anilines is 1. The fourth-order valence-electron chi connectivity index (χ4n) is 5.66. The van der Waals surface area contributed by atoms with Crippen molar-refractivity contribution in [2.24, 2.45) is 0 Å². The number of rotatable bonds is 9. The van der Waals surface area contributed by atoms with Crippen molar-refractivity contribution in [2.75, 3.05) is 52.0 Å². The third-order valence-electron chi connectivity index (χ3n) is 7.64. The van der Waals surface area contributed by atoms with Crippen molar-refractivity contribution < 1.29 is 14.2 Å². The number of aryl methyl sites for hydroxylation is 1. The third kappa shape index (κ3) is 5.23. The number of hydrogen-bond acceptors (Lipinski definition) is 6. The van der Waals surface area contributed by atoms with Crippen molar-refractivity contribution in [3.8, 4) is 11.5 Å². The summed E-state index contributed by atoms with van der Waals surface area (Å²) in [6, 6.07) is 14.0. The number of benzene rings is 1. The average molecular weight is 536 g/mol. The molecule has 2 aliphatic heterocycles. The van der Waals surface area contributed by atoms with Gasteiger partial charge in [0.15, 0.2) is 5.11 Å². The van der Waals surface area contributed by atoms with Crippen LogP contribution in [0.15, 0.2) is 48.7 Å². The lowest BCUT2D eigenvalue weighted by Crippen LogP contribution is -2.37. The summed E-state index contributed by atoms with van der Waals surface area (Å²) < 4.78 is 19.2. The molecule has 2 aromatic heterocycles. The molecule has 1 aromatic carbocycles. The largest absolute Gasteiger partial charge is 0.497 e. The van der Waals surface area contributed by atoms with Gasteiger partial charge in [-0.05, 0) is 68.4 Å². The molecule has 0 spiro atoms. The van der Waals surface area contributed by atoms with Gasteiger partial charge in [0.2, 0.25) is 0 Å². The standard InChI is InChI=1S/C29H37N5O3S/c1-20-18-23(21(2)33(20)13-7-12-32-14-16-37-17-15-32)28-27(24-8-5-6-11-30-24)31-29(38)34(28)25-10-9-22(35-3)19-26(25)36-4/h5-6,8-11,18-19,27-28H,7,12-17H2,1-4H3,(H,31,38). The molecule has 1 N–H and O–H groups in total. The zero-order valence-corrected chi connectivity index (χ0v) is 23.5. The molecule has 38 heavy (non-hydrogen) atoms. The predicted octanol–water partition coefficient (Wildman–Crippen LogP) is 4.42. The van der Waals surface area contributed by atoms with Gasteiger partial charge < -0.3 is 29.0 Å². The van der Waals surface area contributed by atoms with Crippen molar-refractivity contribution >= 4 is 23.0 Å². The Morgan fingerprint density at radius 3 is 2.58 bits per heavy atom. The Kier molecular flexibility index (Phi) is 8.16. The molecule has 2 atom stereocenters. The zero-order valence-electron chi connectivity index (χ0n) is 22.6. The molecule has 0 saturated carbocycles. The average Bonchev–Trinajstić information content (AvgIpc) is 3.44. The van der Waals surface area contributed by atoms with Gasteiger partial charge in [-0.15, -0.1) is 0 Å². The fraction of sp³-hybridized carbons (Fsp3) is 0.448. The monoisotopic (exact) mass is 535 g/mol. The maximum absolute atomic E-state index is 5.95. The molecule has 2 saturated heterocycles. The lowest BCUT2D eigenvalue weighted by Gasteiger charge is -2.29. The molecule has 9 heteroatoms. The second-order valence-electron chi connectivity index (χ2n) is 9.82. The summed E-state index contributed by atoms with van der Waals surface area (Å²) in [5.41, 5.74) is 5.58.